The number of urea groups is 1. The average Bonchev–Trinajstić information content (AvgIpc) is 2.56. The lowest BCUT2D eigenvalue weighted by Crippen LogP contribution is -2.35. The molecule has 0 unspecified atom stereocenters. The molecule has 2 N–H and O–H groups in total. The summed E-state index contributed by atoms with van der Waals surface area (Å²) in [7, 11) is -4.14. The summed E-state index contributed by atoms with van der Waals surface area (Å²) in [5, 5.41) is 2.26. The highest BCUT2D eigenvalue weighted by molar-refractivity contribution is 7.89. The summed E-state index contributed by atoms with van der Waals surface area (Å²) in [6, 6.07) is 4.65. The predicted octanol–water partition coefficient (Wildman–Crippen LogP) is 3.54. The van der Waals surface area contributed by atoms with Crippen LogP contribution < -0.4 is 10.0 Å². The molecular formula is C18H24N4O3S. The van der Waals surface area contributed by atoms with Crippen molar-refractivity contribution in [3.05, 3.63) is 47.3 Å². The number of benzene rings is 1. The van der Waals surface area contributed by atoms with E-state index in [0.29, 0.717) is 5.69 Å². The summed E-state index contributed by atoms with van der Waals surface area (Å²) in [5.41, 5.74) is 3.64. The molecule has 0 atom stereocenters. The van der Waals surface area contributed by atoms with Gasteiger partial charge in [0.15, 0.2) is 0 Å². The molecule has 2 aromatic rings. The second-order valence-electron chi connectivity index (χ2n) is 6.72. The number of rotatable bonds is 5. The molecule has 8 heteroatoms. The largest absolute Gasteiger partial charge is 0.333 e. The van der Waals surface area contributed by atoms with Crippen LogP contribution in [0.3, 0.4) is 0 Å². The molecule has 7 nitrogen and oxygen atoms in total. The van der Waals surface area contributed by atoms with Crippen LogP contribution in [-0.2, 0) is 10.0 Å². The molecule has 0 aliphatic rings. The van der Waals surface area contributed by atoms with E-state index in [0.717, 1.165) is 16.7 Å². The fourth-order valence-electron chi connectivity index (χ4n) is 2.63. The number of nitrogens with zero attached hydrogens (tertiary/aromatic N) is 2. The minimum atomic E-state index is -4.14. The summed E-state index contributed by atoms with van der Waals surface area (Å²) in [6.45, 7) is 10.1. The molecule has 2 rings (SSSR count). The highest BCUT2D eigenvalue weighted by atomic mass is 32.2. The predicted molar refractivity (Wildman–Crippen MR) is 101 cm³/mol. The Morgan fingerprint density at radius 1 is 1.00 bits per heavy atom. The van der Waals surface area contributed by atoms with Crippen molar-refractivity contribution in [2.45, 2.75) is 51.6 Å². The van der Waals surface area contributed by atoms with Crippen LogP contribution >= 0.6 is 0 Å². The number of carbonyl (C=O) groups excluding carboxylic acids is 1. The molecule has 0 aliphatic heterocycles. The van der Waals surface area contributed by atoms with E-state index < -0.39 is 21.2 Å². The number of sulfonamides is 1. The third-order valence-electron chi connectivity index (χ3n) is 3.84. The van der Waals surface area contributed by atoms with Crippen LogP contribution in [0.4, 0.5) is 10.5 Å². The second kappa shape index (κ2) is 7.82. The lowest BCUT2D eigenvalue weighted by atomic mass is 9.90. The Kier molecular flexibility index (Phi) is 5.97. The Balaban J connectivity index is 2.34. The Morgan fingerprint density at radius 3 is 1.96 bits per heavy atom. The maximum absolute atomic E-state index is 12.4. The molecule has 26 heavy (non-hydrogen) atoms. The lowest BCUT2D eigenvalue weighted by molar-refractivity contribution is 0.256. The first kappa shape index (κ1) is 19.8. The molecule has 0 bridgehead atoms. The van der Waals surface area contributed by atoms with E-state index in [-0.39, 0.29) is 11.8 Å². The van der Waals surface area contributed by atoms with Gasteiger partial charge in [0, 0.05) is 18.1 Å². The van der Waals surface area contributed by atoms with E-state index in [1.54, 1.807) is 0 Å². The van der Waals surface area contributed by atoms with Gasteiger partial charge in [0.25, 0.3) is 5.16 Å². The molecule has 0 spiro atoms. The van der Waals surface area contributed by atoms with Crippen molar-refractivity contribution in [2.24, 2.45) is 0 Å². The topological polar surface area (TPSA) is 101 Å². The van der Waals surface area contributed by atoms with E-state index in [4.69, 9.17) is 0 Å². The van der Waals surface area contributed by atoms with Gasteiger partial charge < -0.3 is 5.32 Å². The highest BCUT2D eigenvalue weighted by Crippen LogP contribution is 2.33. The van der Waals surface area contributed by atoms with Gasteiger partial charge in [0.1, 0.15) is 0 Å². The summed E-state index contributed by atoms with van der Waals surface area (Å²) in [6.07, 6.45) is 2.60. The van der Waals surface area contributed by atoms with Gasteiger partial charge in [-0.2, -0.15) is 8.42 Å². The Labute approximate surface area is 154 Å². The fraction of sp³-hybridized carbons (Fsp3) is 0.389. The highest BCUT2D eigenvalue weighted by Gasteiger charge is 2.23. The SMILES string of the molecule is Cc1cc(C(C)C)c(NC(=O)NS(=O)(=O)c2ncccn2)c(C(C)C)c1. The van der Waals surface area contributed by atoms with Crippen molar-refractivity contribution >= 4 is 21.7 Å². The first-order valence-electron chi connectivity index (χ1n) is 8.37. The van der Waals surface area contributed by atoms with E-state index in [1.165, 1.54) is 18.5 Å². The van der Waals surface area contributed by atoms with Crippen molar-refractivity contribution in [3.63, 3.8) is 0 Å². The molecular weight excluding hydrogens is 352 g/mol. The van der Waals surface area contributed by atoms with E-state index in [9.17, 15) is 13.2 Å². The summed E-state index contributed by atoms with van der Waals surface area (Å²) >= 11 is 0. The summed E-state index contributed by atoms with van der Waals surface area (Å²) in [5.74, 6) is 0.327. The van der Waals surface area contributed by atoms with Gasteiger partial charge >= 0.3 is 16.1 Å². The van der Waals surface area contributed by atoms with E-state index in [1.807, 2.05) is 51.5 Å². The zero-order valence-electron chi connectivity index (χ0n) is 15.6. The van der Waals surface area contributed by atoms with Crippen molar-refractivity contribution < 1.29 is 13.2 Å². The smallest absolute Gasteiger partial charge is 0.307 e. The van der Waals surface area contributed by atoms with E-state index >= 15 is 0 Å². The van der Waals surface area contributed by atoms with Gasteiger partial charge in [0.2, 0.25) is 0 Å². The monoisotopic (exact) mass is 376 g/mol. The third kappa shape index (κ3) is 4.57. The van der Waals surface area contributed by atoms with Crippen LogP contribution in [0.1, 0.15) is 56.2 Å². The van der Waals surface area contributed by atoms with Crippen LogP contribution in [0.2, 0.25) is 0 Å². The average molecular weight is 376 g/mol. The normalized spacial score (nSPS) is 11.7. The van der Waals surface area contributed by atoms with Crippen molar-refractivity contribution in [1.82, 2.24) is 14.7 Å². The van der Waals surface area contributed by atoms with Crippen molar-refractivity contribution in [2.75, 3.05) is 5.32 Å². The van der Waals surface area contributed by atoms with Crippen LogP contribution in [-0.4, -0.2) is 24.4 Å². The number of hydrogen-bond acceptors (Lipinski definition) is 5. The van der Waals surface area contributed by atoms with Crippen molar-refractivity contribution in [3.8, 4) is 0 Å². The minimum absolute atomic E-state index is 0.164. The molecule has 1 aromatic heterocycles. The van der Waals surface area contributed by atoms with Crippen LogP contribution in [0.15, 0.2) is 35.7 Å². The number of amides is 2. The first-order chi connectivity index (χ1) is 12.1. The maximum Gasteiger partial charge on any atom is 0.333 e. The van der Waals surface area contributed by atoms with Gasteiger partial charge in [0.05, 0.1) is 0 Å². The molecule has 0 radical (unpaired) electrons. The summed E-state index contributed by atoms with van der Waals surface area (Å²) in [4.78, 5) is 19.7. The first-order valence-corrected chi connectivity index (χ1v) is 9.85. The second-order valence-corrected chi connectivity index (χ2v) is 8.29. The molecule has 0 fully saturated rings. The van der Waals surface area contributed by atoms with Gasteiger partial charge in [-0.25, -0.2) is 19.5 Å². The number of aromatic nitrogens is 2. The number of anilines is 1. The number of aryl methyl sites for hydroxylation is 1. The zero-order valence-corrected chi connectivity index (χ0v) is 16.4. The van der Waals surface area contributed by atoms with Gasteiger partial charge in [-0.3, -0.25) is 0 Å². The zero-order chi connectivity index (χ0) is 19.5. The van der Waals surface area contributed by atoms with Crippen LogP contribution in [0.5, 0.6) is 0 Å². The Bertz CT molecular complexity index is 865. The van der Waals surface area contributed by atoms with Gasteiger partial charge in [-0.1, -0.05) is 45.4 Å². The van der Waals surface area contributed by atoms with Crippen molar-refractivity contribution in [1.29, 1.82) is 0 Å². The van der Waals surface area contributed by atoms with Crippen LogP contribution in [0, 0.1) is 6.92 Å². The Hall–Kier alpha value is -2.48. The Morgan fingerprint density at radius 2 is 1.50 bits per heavy atom. The maximum atomic E-state index is 12.4. The molecule has 0 saturated heterocycles. The number of hydrogen-bond donors (Lipinski definition) is 2. The molecule has 2 amide bonds. The lowest BCUT2D eigenvalue weighted by Gasteiger charge is -2.21. The van der Waals surface area contributed by atoms with Gasteiger partial charge in [-0.05, 0) is 36.0 Å². The molecule has 0 aliphatic carbocycles. The minimum Gasteiger partial charge on any atom is -0.307 e. The van der Waals surface area contributed by atoms with E-state index in [2.05, 4.69) is 15.3 Å². The molecule has 1 heterocycles. The summed E-state index contributed by atoms with van der Waals surface area (Å²) < 4.78 is 26.4. The van der Waals surface area contributed by atoms with Crippen LogP contribution in [0.25, 0.3) is 0 Å². The molecule has 0 saturated carbocycles. The third-order valence-corrected chi connectivity index (χ3v) is 4.98. The number of carbonyl (C=O) groups is 1. The fourth-order valence-corrected chi connectivity index (χ4v) is 3.41. The van der Waals surface area contributed by atoms with Gasteiger partial charge in [-0.15, -0.1) is 0 Å². The quantitative estimate of drug-likeness (QED) is 0.777. The molecule has 140 valence electrons. The number of nitrogens with one attached hydrogen (secondary N) is 2. The molecule has 1 aromatic carbocycles. The standard InChI is InChI=1S/C18H24N4O3S/c1-11(2)14-9-13(5)10-15(12(3)4)16(14)21-17(23)22-26(24,25)18-19-7-6-8-20-18/h6-12H,1-5H3,(H2,21,22,23).